The summed E-state index contributed by atoms with van der Waals surface area (Å²) in [5.74, 6) is -0.719. The summed E-state index contributed by atoms with van der Waals surface area (Å²) in [6, 6.07) is 9.38. The van der Waals surface area contributed by atoms with Gasteiger partial charge in [-0.05, 0) is 43.6 Å². The largest absolute Gasteiger partial charge is 0.481 e. The smallest absolute Gasteiger partial charge is 0.317 e. The van der Waals surface area contributed by atoms with Crippen molar-refractivity contribution in [1.82, 2.24) is 10.2 Å². The third kappa shape index (κ3) is 7.68. The number of nitrogens with one attached hydrogen (secondary N) is 1. The highest BCUT2D eigenvalue weighted by Crippen LogP contribution is 2.22. The molecule has 148 valence electrons. The maximum absolute atomic E-state index is 12.6. The average Bonchev–Trinajstić information content (AvgIpc) is 2.65. The second kappa shape index (κ2) is 10.5. The summed E-state index contributed by atoms with van der Waals surface area (Å²) in [5.41, 5.74) is 6.27. The number of carboxylic acid groups (broad SMARTS) is 1. The van der Waals surface area contributed by atoms with Crippen LogP contribution in [0.2, 0.25) is 0 Å². The van der Waals surface area contributed by atoms with Gasteiger partial charge >= 0.3 is 12.0 Å². The molecular formula is C20H29N3O4. The van der Waals surface area contributed by atoms with Gasteiger partial charge in [0.1, 0.15) is 0 Å². The summed E-state index contributed by atoms with van der Waals surface area (Å²) in [5, 5.41) is 12.0. The van der Waals surface area contributed by atoms with Gasteiger partial charge in [0, 0.05) is 32.0 Å². The van der Waals surface area contributed by atoms with Gasteiger partial charge in [0.25, 0.3) is 0 Å². The molecule has 0 radical (unpaired) electrons. The minimum absolute atomic E-state index is 0.0208. The van der Waals surface area contributed by atoms with Crippen LogP contribution in [0.1, 0.15) is 44.1 Å². The SMILES string of the molecule is NC(=O)CCC1CCN(C(=O)NC(CCC(=O)O)Cc2ccccc2)CC1. The normalized spacial score (nSPS) is 15.9. The Hall–Kier alpha value is -2.57. The molecular weight excluding hydrogens is 346 g/mol. The number of carbonyl (C=O) groups is 3. The van der Waals surface area contributed by atoms with Gasteiger partial charge in [-0.15, -0.1) is 0 Å². The van der Waals surface area contributed by atoms with Crippen LogP contribution >= 0.6 is 0 Å². The van der Waals surface area contributed by atoms with E-state index in [0.29, 0.717) is 38.3 Å². The van der Waals surface area contributed by atoms with Crippen molar-refractivity contribution in [3.63, 3.8) is 0 Å². The Balaban J connectivity index is 1.85. The number of benzene rings is 1. The van der Waals surface area contributed by atoms with Gasteiger partial charge in [-0.3, -0.25) is 9.59 Å². The third-order valence-electron chi connectivity index (χ3n) is 5.06. The zero-order valence-corrected chi connectivity index (χ0v) is 15.6. The molecule has 0 aliphatic carbocycles. The van der Waals surface area contributed by atoms with Crippen LogP contribution in [0.3, 0.4) is 0 Å². The number of amides is 3. The minimum atomic E-state index is -0.863. The number of aliphatic carboxylic acids is 1. The number of carboxylic acids is 1. The summed E-state index contributed by atoms with van der Waals surface area (Å²) in [4.78, 5) is 36.2. The zero-order chi connectivity index (χ0) is 19.6. The minimum Gasteiger partial charge on any atom is -0.481 e. The van der Waals surface area contributed by atoms with Gasteiger partial charge in [0.2, 0.25) is 5.91 Å². The maximum atomic E-state index is 12.6. The molecule has 1 aromatic rings. The van der Waals surface area contributed by atoms with Crippen molar-refractivity contribution >= 4 is 17.9 Å². The second-order valence-electron chi connectivity index (χ2n) is 7.20. The molecule has 7 nitrogen and oxygen atoms in total. The maximum Gasteiger partial charge on any atom is 0.317 e. The Morgan fingerprint density at radius 3 is 2.41 bits per heavy atom. The lowest BCUT2D eigenvalue weighted by Gasteiger charge is -2.33. The molecule has 1 aromatic carbocycles. The summed E-state index contributed by atoms with van der Waals surface area (Å²) in [7, 11) is 0. The number of piperidine rings is 1. The van der Waals surface area contributed by atoms with E-state index in [1.807, 2.05) is 30.3 Å². The lowest BCUT2D eigenvalue weighted by molar-refractivity contribution is -0.137. The summed E-state index contributed by atoms with van der Waals surface area (Å²) >= 11 is 0. The van der Waals surface area contributed by atoms with Crippen LogP contribution in [-0.2, 0) is 16.0 Å². The molecule has 7 heteroatoms. The van der Waals surface area contributed by atoms with E-state index in [1.165, 1.54) is 0 Å². The predicted molar refractivity (Wildman–Crippen MR) is 102 cm³/mol. The van der Waals surface area contributed by atoms with E-state index in [9.17, 15) is 14.4 Å². The van der Waals surface area contributed by atoms with Crippen LogP contribution in [-0.4, -0.2) is 47.0 Å². The van der Waals surface area contributed by atoms with E-state index in [1.54, 1.807) is 4.90 Å². The highest BCUT2D eigenvalue weighted by molar-refractivity contribution is 5.75. The molecule has 0 bridgehead atoms. The summed E-state index contributed by atoms with van der Waals surface area (Å²) < 4.78 is 0. The quantitative estimate of drug-likeness (QED) is 0.614. The van der Waals surface area contributed by atoms with Crippen molar-refractivity contribution in [3.05, 3.63) is 35.9 Å². The molecule has 1 fully saturated rings. The number of primary amides is 1. The molecule has 1 heterocycles. The summed E-state index contributed by atoms with van der Waals surface area (Å²) in [6.07, 6.45) is 3.91. The number of rotatable bonds is 9. The van der Waals surface area contributed by atoms with Gasteiger partial charge in [0.05, 0.1) is 0 Å². The van der Waals surface area contributed by atoms with E-state index in [4.69, 9.17) is 10.8 Å². The van der Waals surface area contributed by atoms with Gasteiger partial charge in [-0.1, -0.05) is 30.3 Å². The first-order valence-corrected chi connectivity index (χ1v) is 9.53. The Kier molecular flexibility index (Phi) is 8.10. The van der Waals surface area contributed by atoms with Crippen molar-refractivity contribution in [1.29, 1.82) is 0 Å². The monoisotopic (exact) mass is 375 g/mol. The zero-order valence-electron chi connectivity index (χ0n) is 15.6. The third-order valence-corrected chi connectivity index (χ3v) is 5.06. The molecule has 0 spiro atoms. The van der Waals surface area contributed by atoms with Crippen LogP contribution in [0.15, 0.2) is 30.3 Å². The van der Waals surface area contributed by atoms with E-state index in [-0.39, 0.29) is 24.4 Å². The molecule has 0 aromatic heterocycles. The van der Waals surface area contributed by atoms with Gasteiger partial charge in [-0.2, -0.15) is 0 Å². The highest BCUT2D eigenvalue weighted by Gasteiger charge is 2.24. The van der Waals surface area contributed by atoms with Crippen molar-refractivity contribution in [3.8, 4) is 0 Å². The molecule has 4 N–H and O–H groups in total. The number of nitrogens with zero attached hydrogens (tertiary/aromatic N) is 1. The number of nitrogens with two attached hydrogens (primary N) is 1. The number of likely N-dealkylation sites (tertiary alicyclic amines) is 1. The van der Waals surface area contributed by atoms with E-state index in [2.05, 4.69) is 5.32 Å². The number of urea groups is 1. The summed E-state index contributed by atoms with van der Waals surface area (Å²) in [6.45, 7) is 1.29. The number of carbonyl (C=O) groups excluding carboxylic acids is 2. The Bertz CT molecular complexity index is 627. The van der Waals surface area contributed by atoms with E-state index >= 15 is 0 Å². The van der Waals surface area contributed by atoms with Crippen molar-refractivity contribution in [2.45, 2.75) is 51.0 Å². The standard InChI is InChI=1S/C20H29N3O4/c21-18(24)8-6-15-10-12-23(13-11-15)20(27)22-17(7-9-19(25)26)14-16-4-2-1-3-5-16/h1-5,15,17H,6-14H2,(H2,21,24)(H,22,27)(H,25,26). The van der Waals surface area contributed by atoms with Crippen LogP contribution in [0.5, 0.6) is 0 Å². The van der Waals surface area contributed by atoms with Crippen LogP contribution in [0.4, 0.5) is 4.79 Å². The fraction of sp³-hybridized carbons (Fsp3) is 0.550. The van der Waals surface area contributed by atoms with Crippen LogP contribution in [0, 0.1) is 5.92 Å². The molecule has 1 unspecified atom stereocenters. The molecule has 3 amide bonds. The Morgan fingerprint density at radius 2 is 1.81 bits per heavy atom. The molecule has 1 atom stereocenters. The molecule has 0 saturated carbocycles. The fourth-order valence-corrected chi connectivity index (χ4v) is 3.46. The predicted octanol–water partition coefficient (Wildman–Crippen LogP) is 2.15. The molecule has 1 aliphatic rings. The average molecular weight is 375 g/mol. The lowest BCUT2D eigenvalue weighted by atomic mass is 9.92. The first-order valence-electron chi connectivity index (χ1n) is 9.53. The van der Waals surface area contributed by atoms with Crippen molar-refractivity contribution < 1.29 is 19.5 Å². The fourth-order valence-electron chi connectivity index (χ4n) is 3.46. The van der Waals surface area contributed by atoms with Crippen molar-refractivity contribution in [2.24, 2.45) is 11.7 Å². The van der Waals surface area contributed by atoms with Crippen LogP contribution in [0.25, 0.3) is 0 Å². The van der Waals surface area contributed by atoms with Crippen LogP contribution < -0.4 is 11.1 Å². The second-order valence-corrected chi connectivity index (χ2v) is 7.20. The number of hydrogen-bond acceptors (Lipinski definition) is 3. The van der Waals surface area contributed by atoms with Gasteiger partial charge in [0.15, 0.2) is 0 Å². The molecule has 1 aliphatic heterocycles. The topological polar surface area (TPSA) is 113 Å². The Morgan fingerprint density at radius 1 is 1.15 bits per heavy atom. The lowest BCUT2D eigenvalue weighted by Crippen LogP contribution is -2.48. The highest BCUT2D eigenvalue weighted by atomic mass is 16.4. The molecule has 1 saturated heterocycles. The van der Waals surface area contributed by atoms with E-state index in [0.717, 1.165) is 24.8 Å². The Labute approximate surface area is 159 Å². The van der Waals surface area contributed by atoms with E-state index < -0.39 is 5.97 Å². The van der Waals surface area contributed by atoms with Gasteiger partial charge in [-0.25, -0.2) is 4.79 Å². The first-order chi connectivity index (χ1) is 12.9. The molecule has 27 heavy (non-hydrogen) atoms. The number of hydrogen-bond donors (Lipinski definition) is 3. The van der Waals surface area contributed by atoms with Crippen molar-refractivity contribution in [2.75, 3.05) is 13.1 Å². The molecule has 2 rings (SSSR count). The van der Waals surface area contributed by atoms with Gasteiger partial charge < -0.3 is 21.1 Å². The first kappa shape index (κ1) is 20.7.